The highest BCUT2D eigenvalue weighted by Gasteiger charge is 2.29. The van der Waals surface area contributed by atoms with Gasteiger partial charge in [-0.15, -0.1) is 0 Å². The zero-order valence-electron chi connectivity index (χ0n) is 10.3. The molecule has 0 radical (unpaired) electrons. The van der Waals surface area contributed by atoms with Gasteiger partial charge in [-0.25, -0.2) is 0 Å². The van der Waals surface area contributed by atoms with Crippen molar-refractivity contribution in [2.24, 2.45) is 5.92 Å². The fourth-order valence-electron chi connectivity index (χ4n) is 2.72. The van der Waals surface area contributed by atoms with Gasteiger partial charge in [-0.1, -0.05) is 12.5 Å². The summed E-state index contributed by atoms with van der Waals surface area (Å²) in [5.74, 6) is -0.140. The minimum Gasteiger partial charge on any atom is -0.504 e. The monoisotopic (exact) mass is 254 g/mol. The number of hydrogen-bond donors (Lipinski definition) is 3. The molecule has 0 unspecified atom stereocenters. The first kappa shape index (κ1) is 13.1. The number of unbranched alkanes of at least 4 members (excludes halogenated alkanes) is 1. The van der Waals surface area contributed by atoms with Gasteiger partial charge in [0.05, 0.1) is 12.8 Å². The van der Waals surface area contributed by atoms with Crippen LogP contribution in [0.1, 0.15) is 42.9 Å². The Morgan fingerprint density at radius 2 is 2.00 bits per heavy atom. The number of aliphatic hydroxyl groups excluding tert-OH is 1. The van der Waals surface area contributed by atoms with Crippen molar-refractivity contribution in [2.75, 3.05) is 6.67 Å². The molecule has 0 saturated carbocycles. The molecule has 1 aliphatic carbocycles. The van der Waals surface area contributed by atoms with Crippen LogP contribution in [0.4, 0.5) is 4.39 Å². The van der Waals surface area contributed by atoms with Crippen LogP contribution in [0.15, 0.2) is 12.1 Å². The molecular weight excluding hydrogens is 235 g/mol. The molecule has 4 heteroatoms. The van der Waals surface area contributed by atoms with E-state index in [4.69, 9.17) is 0 Å². The number of benzene rings is 1. The standard InChI is InChI=1S/C14H19FO3/c15-8-2-1-3-9-4-5-11-10(13(9)17)6-7-12(16)14(11)18/h6-7,9,13,16-18H,1-5,8H2/t9-,13+/m1/s1. The van der Waals surface area contributed by atoms with Crippen LogP contribution < -0.4 is 0 Å². The van der Waals surface area contributed by atoms with Crippen LogP contribution in [0, 0.1) is 5.92 Å². The van der Waals surface area contributed by atoms with E-state index >= 15 is 0 Å². The molecule has 100 valence electrons. The Bertz CT molecular complexity index is 420. The molecule has 1 aliphatic rings. The number of rotatable bonds is 4. The van der Waals surface area contributed by atoms with E-state index in [1.807, 2.05) is 0 Å². The quantitative estimate of drug-likeness (QED) is 0.572. The molecule has 0 saturated heterocycles. The van der Waals surface area contributed by atoms with Crippen molar-refractivity contribution >= 4 is 0 Å². The normalized spacial score (nSPS) is 22.8. The Hall–Kier alpha value is -1.29. The van der Waals surface area contributed by atoms with Gasteiger partial charge in [0.15, 0.2) is 11.5 Å². The molecule has 0 bridgehead atoms. The van der Waals surface area contributed by atoms with E-state index in [1.54, 1.807) is 6.07 Å². The van der Waals surface area contributed by atoms with E-state index < -0.39 is 6.10 Å². The molecular formula is C14H19FO3. The third-order valence-electron chi connectivity index (χ3n) is 3.79. The molecule has 0 spiro atoms. The van der Waals surface area contributed by atoms with Gasteiger partial charge in [-0.3, -0.25) is 4.39 Å². The van der Waals surface area contributed by atoms with Crippen molar-refractivity contribution in [1.29, 1.82) is 0 Å². The lowest BCUT2D eigenvalue weighted by Gasteiger charge is -2.30. The van der Waals surface area contributed by atoms with Crippen molar-refractivity contribution < 1.29 is 19.7 Å². The highest BCUT2D eigenvalue weighted by atomic mass is 19.1. The highest BCUT2D eigenvalue weighted by molar-refractivity contribution is 5.50. The van der Waals surface area contributed by atoms with E-state index in [2.05, 4.69) is 0 Å². The SMILES string of the molecule is Oc1ccc2c(c1O)CC[C@@H](CCCCF)[C@@H]2O. The van der Waals surface area contributed by atoms with E-state index in [0.717, 1.165) is 19.3 Å². The third kappa shape index (κ3) is 2.43. The summed E-state index contributed by atoms with van der Waals surface area (Å²) in [5.41, 5.74) is 1.34. The summed E-state index contributed by atoms with van der Waals surface area (Å²) in [6.07, 6.45) is 2.89. The molecule has 0 heterocycles. The van der Waals surface area contributed by atoms with Crippen molar-refractivity contribution in [3.05, 3.63) is 23.3 Å². The van der Waals surface area contributed by atoms with Crippen LogP contribution in [-0.4, -0.2) is 22.0 Å². The van der Waals surface area contributed by atoms with Gasteiger partial charge in [0.25, 0.3) is 0 Å². The second kappa shape index (κ2) is 5.57. The Labute approximate surface area is 106 Å². The molecule has 0 aromatic heterocycles. The molecule has 1 aromatic rings. The lowest BCUT2D eigenvalue weighted by atomic mass is 9.78. The maximum absolute atomic E-state index is 12.1. The molecule has 0 fully saturated rings. The Balaban J connectivity index is 2.13. The predicted octanol–water partition coefficient (Wildman–Crippen LogP) is 2.83. The van der Waals surface area contributed by atoms with Crippen LogP contribution in [0.2, 0.25) is 0 Å². The zero-order valence-corrected chi connectivity index (χ0v) is 10.3. The average molecular weight is 254 g/mol. The highest BCUT2D eigenvalue weighted by Crippen LogP contribution is 2.43. The fraction of sp³-hybridized carbons (Fsp3) is 0.571. The summed E-state index contributed by atoms with van der Waals surface area (Å²) in [6.45, 7) is -0.311. The molecule has 0 aliphatic heterocycles. The molecule has 0 amide bonds. The maximum atomic E-state index is 12.1. The molecule has 3 nitrogen and oxygen atoms in total. The first-order valence-corrected chi connectivity index (χ1v) is 6.43. The zero-order chi connectivity index (χ0) is 13.1. The molecule has 3 N–H and O–H groups in total. The number of halogens is 1. The van der Waals surface area contributed by atoms with Gasteiger partial charge in [-0.05, 0) is 43.2 Å². The largest absolute Gasteiger partial charge is 0.504 e. The van der Waals surface area contributed by atoms with Gasteiger partial charge in [0.2, 0.25) is 0 Å². The summed E-state index contributed by atoms with van der Waals surface area (Å²) in [4.78, 5) is 0. The van der Waals surface area contributed by atoms with Crippen molar-refractivity contribution in [3.8, 4) is 11.5 Å². The topological polar surface area (TPSA) is 60.7 Å². The lowest BCUT2D eigenvalue weighted by molar-refractivity contribution is 0.0857. The minimum absolute atomic E-state index is 0.117. The number of aliphatic hydroxyl groups is 1. The molecule has 2 atom stereocenters. The third-order valence-corrected chi connectivity index (χ3v) is 3.79. The predicted molar refractivity (Wildman–Crippen MR) is 66.4 cm³/mol. The minimum atomic E-state index is -0.625. The summed E-state index contributed by atoms with van der Waals surface area (Å²) < 4.78 is 12.1. The first-order valence-electron chi connectivity index (χ1n) is 6.43. The number of aromatic hydroxyl groups is 2. The van der Waals surface area contributed by atoms with E-state index in [-0.39, 0.29) is 24.1 Å². The van der Waals surface area contributed by atoms with E-state index in [0.29, 0.717) is 24.0 Å². The Morgan fingerprint density at radius 1 is 1.22 bits per heavy atom. The van der Waals surface area contributed by atoms with Crippen molar-refractivity contribution in [3.63, 3.8) is 0 Å². The first-order chi connectivity index (χ1) is 8.65. The van der Waals surface area contributed by atoms with Crippen LogP contribution in [-0.2, 0) is 6.42 Å². The Kier molecular flexibility index (Phi) is 4.07. The number of phenolic OH excluding ortho intramolecular Hbond substituents is 2. The van der Waals surface area contributed by atoms with Crippen LogP contribution >= 0.6 is 0 Å². The van der Waals surface area contributed by atoms with Gasteiger partial charge in [0, 0.05) is 5.56 Å². The summed E-state index contributed by atoms with van der Waals surface area (Å²) in [5, 5.41) is 29.4. The smallest absolute Gasteiger partial charge is 0.161 e. The van der Waals surface area contributed by atoms with Gasteiger partial charge < -0.3 is 15.3 Å². The molecule has 18 heavy (non-hydrogen) atoms. The van der Waals surface area contributed by atoms with Crippen LogP contribution in [0.3, 0.4) is 0 Å². The molecule has 1 aromatic carbocycles. The average Bonchev–Trinajstić information content (AvgIpc) is 2.37. The Morgan fingerprint density at radius 3 is 2.72 bits per heavy atom. The second-order valence-corrected chi connectivity index (χ2v) is 4.93. The number of fused-ring (bicyclic) bond motifs is 1. The summed E-state index contributed by atoms with van der Waals surface area (Å²) in [6, 6.07) is 3.07. The van der Waals surface area contributed by atoms with Crippen LogP contribution in [0.5, 0.6) is 11.5 Å². The van der Waals surface area contributed by atoms with E-state index in [1.165, 1.54) is 6.07 Å². The van der Waals surface area contributed by atoms with Gasteiger partial charge >= 0.3 is 0 Å². The maximum Gasteiger partial charge on any atom is 0.161 e. The summed E-state index contributed by atoms with van der Waals surface area (Å²) in [7, 11) is 0. The second-order valence-electron chi connectivity index (χ2n) is 4.93. The number of phenols is 2. The number of alkyl halides is 1. The van der Waals surface area contributed by atoms with Gasteiger partial charge in [0.1, 0.15) is 0 Å². The van der Waals surface area contributed by atoms with Crippen molar-refractivity contribution in [1.82, 2.24) is 0 Å². The number of hydrogen-bond acceptors (Lipinski definition) is 3. The van der Waals surface area contributed by atoms with E-state index in [9.17, 15) is 19.7 Å². The fourth-order valence-corrected chi connectivity index (χ4v) is 2.72. The summed E-state index contributed by atoms with van der Waals surface area (Å²) >= 11 is 0. The molecule has 2 rings (SSSR count). The van der Waals surface area contributed by atoms with Crippen LogP contribution in [0.25, 0.3) is 0 Å². The van der Waals surface area contributed by atoms with Crippen molar-refractivity contribution in [2.45, 2.75) is 38.2 Å². The lowest BCUT2D eigenvalue weighted by Crippen LogP contribution is -2.20. The van der Waals surface area contributed by atoms with Gasteiger partial charge in [-0.2, -0.15) is 0 Å².